The molecule has 1 aromatic heterocycles. The maximum atomic E-state index is 12.5. The molecule has 0 atom stereocenters. The van der Waals surface area contributed by atoms with Gasteiger partial charge in [0.2, 0.25) is 18.7 Å². The predicted molar refractivity (Wildman–Crippen MR) is 137 cm³/mol. The molecule has 3 aliphatic rings. The van der Waals surface area contributed by atoms with Crippen LogP contribution < -0.4 is 29.9 Å². The van der Waals surface area contributed by atoms with Crippen molar-refractivity contribution in [2.24, 2.45) is 0 Å². The number of carbonyl (C=O) groups excluding carboxylic acids is 1. The van der Waals surface area contributed by atoms with Crippen LogP contribution in [0.1, 0.15) is 0 Å². The minimum atomic E-state index is -0.365. The molecule has 6 rings (SSSR count). The van der Waals surface area contributed by atoms with Gasteiger partial charge in [0, 0.05) is 49.2 Å². The Labute approximate surface area is 213 Å². The smallest absolute Gasteiger partial charge is 0.323 e. The van der Waals surface area contributed by atoms with Crippen LogP contribution in [-0.4, -0.2) is 80.4 Å². The van der Waals surface area contributed by atoms with Gasteiger partial charge in [-0.2, -0.15) is 15.0 Å². The Hall–Kier alpha value is -4.16. The topological polar surface area (TPSA) is 123 Å². The highest BCUT2D eigenvalue weighted by atomic mass is 16.7. The fraction of sp³-hybridized carbons (Fsp3) is 0.360. The molecule has 3 aliphatic heterocycles. The number of morpholine rings is 2. The van der Waals surface area contributed by atoms with Gasteiger partial charge in [-0.1, -0.05) is 0 Å². The number of urea groups is 1. The fourth-order valence-electron chi connectivity index (χ4n) is 4.26. The number of rotatable bonds is 5. The molecule has 192 valence electrons. The van der Waals surface area contributed by atoms with Crippen molar-refractivity contribution in [2.75, 3.05) is 79.8 Å². The summed E-state index contributed by atoms with van der Waals surface area (Å²) in [5.41, 5.74) is 2.07. The zero-order chi connectivity index (χ0) is 25.0. The summed E-state index contributed by atoms with van der Waals surface area (Å²) in [5, 5.41) is 5.65. The van der Waals surface area contributed by atoms with E-state index < -0.39 is 0 Å². The second kappa shape index (κ2) is 10.4. The van der Waals surface area contributed by atoms with Gasteiger partial charge in [-0.05, 0) is 36.4 Å². The van der Waals surface area contributed by atoms with Crippen LogP contribution in [0.3, 0.4) is 0 Å². The van der Waals surface area contributed by atoms with Crippen LogP contribution in [0.5, 0.6) is 11.5 Å². The molecule has 12 nitrogen and oxygen atoms in total. The lowest BCUT2D eigenvalue weighted by molar-refractivity contribution is 0.121. The monoisotopic (exact) mass is 505 g/mol. The molecular formula is C25H27N7O5. The molecule has 0 bridgehead atoms. The highest BCUT2D eigenvalue weighted by Crippen LogP contribution is 2.34. The first-order valence-electron chi connectivity index (χ1n) is 12.2. The number of benzene rings is 2. The Balaban J connectivity index is 1.18. The van der Waals surface area contributed by atoms with E-state index in [1.165, 1.54) is 0 Å². The molecule has 2 amide bonds. The van der Waals surface area contributed by atoms with Gasteiger partial charge >= 0.3 is 6.03 Å². The molecule has 0 radical (unpaired) electrons. The highest BCUT2D eigenvalue weighted by Gasteiger charge is 2.21. The zero-order valence-electron chi connectivity index (χ0n) is 20.2. The second-order valence-electron chi connectivity index (χ2n) is 8.68. The van der Waals surface area contributed by atoms with Gasteiger partial charge in [-0.15, -0.1) is 0 Å². The Morgan fingerprint density at radius 3 is 1.92 bits per heavy atom. The number of fused-ring (bicyclic) bond motifs is 1. The van der Waals surface area contributed by atoms with Crippen molar-refractivity contribution in [3.8, 4) is 22.9 Å². The van der Waals surface area contributed by atoms with E-state index in [0.29, 0.717) is 67.0 Å². The fourth-order valence-corrected chi connectivity index (χ4v) is 4.26. The largest absolute Gasteiger partial charge is 0.454 e. The minimum absolute atomic E-state index is 0.181. The third-order valence-corrected chi connectivity index (χ3v) is 6.23. The van der Waals surface area contributed by atoms with Crippen LogP contribution in [0.25, 0.3) is 11.4 Å². The summed E-state index contributed by atoms with van der Waals surface area (Å²) in [6.45, 7) is 5.66. The van der Waals surface area contributed by atoms with Crippen LogP contribution in [-0.2, 0) is 9.47 Å². The van der Waals surface area contributed by atoms with E-state index in [9.17, 15) is 4.79 Å². The lowest BCUT2D eigenvalue weighted by Gasteiger charge is -2.30. The predicted octanol–water partition coefficient (Wildman–Crippen LogP) is 2.58. The molecule has 2 fully saturated rings. The Morgan fingerprint density at radius 2 is 1.27 bits per heavy atom. The van der Waals surface area contributed by atoms with Gasteiger partial charge < -0.3 is 39.4 Å². The van der Waals surface area contributed by atoms with Crippen molar-refractivity contribution in [3.63, 3.8) is 0 Å². The summed E-state index contributed by atoms with van der Waals surface area (Å²) in [6, 6.07) is 12.3. The minimum Gasteiger partial charge on any atom is -0.454 e. The average molecular weight is 506 g/mol. The first-order chi connectivity index (χ1) is 18.2. The maximum Gasteiger partial charge on any atom is 0.323 e. The summed E-state index contributed by atoms with van der Waals surface area (Å²) in [6.07, 6.45) is 0. The quantitative estimate of drug-likeness (QED) is 0.535. The van der Waals surface area contributed by atoms with Gasteiger partial charge in [-0.3, -0.25) is 0 Å². The van der Waals surface area contributed by atoms with E-state index in [1.54, 1.807) is 18.2 Å². The van der Waals surface area contributed by atoms with Gasteiger partial charge in [0.05, 0.1) is 26.4 Å². The zero-order valence-corrected chi connectivity index (χ0v) is 20.2. The third-order valence-electron chi connectivity index (χ3n) is 6.23. The molecule has 0 spiro atoms. The van der Waals surface area contributed by atoms with E-state index in [4.69, 9.17) is 33.9 Å². The molecule has 4 heterocycles. The molecular weight excluding hydrogens is 478 g/mol. The van der Waals surface area contributed by atoms with Gasteiger partial charge in [0.1, 0.15) is 0 Å². The van der Waals surface area contributed by atoms with Crippen LogP contribution in [0, 0.1) is 0 Å². The van der Waals surface area contributed by atoms with Crippen molar-refractivity contribution < 1.29 is 23.7 Å². The number of nitrogens with zero attached hydrogens (tertiary/aromatic N) is 5. The molecule has 3 aromatic rings. The second-order valence-corrected chi connectivity index (χ2v) is 8.68. The van der Waals surface area contributed by atoms with E-state index in [-0.39, 0.29) is 12.8 Å². The molecule has 37 heavy (non-hydrogen) atoms. The number of hydrogen-bond donors (Lipinski definition) is 2. The Kier molecular flexibility index (Phi) is 6.57. The maximum absolute atomic E-state index is 12.5. The number of nitrogens with one attached hydrogen (secondary N) is 2. The summed E-state index contributed by atoms with van der Waals surface area (Å²) in [5.74, 6) is 3.12. The third kappa shape index (κ3) is 5.34. The molecule has 0 unspecified atom stereocenters. The Bertz CT molecular complexity index is 1220. The lowest BCUT2D eigenvalue weighted by Crippen LogP contribution is -2.40. The van der Waals surface area contributed by atoms with Crippen LogP contribution in [0.4, 0.5) is 28.1 Å². The SMILES string of the molecule is O=C(Nc1ccc(-c2nc(N3CCOCC3)nc(N3CCOCC3)n2)cc1)Nc1ccc2c(c1)OCO2. The van der Waals surface area contributed by atoms with Gasteiger partial charge in [0.25, 0.3) is 0 Å². The van der Waals surface area contributed by atoms with Crippen LogP contribution in [0.15, 0.2) is 42.5 Å². The Morgan fingerprint density at radius 1 is 0.703 bits per heavy atom. The van der Waals surface area contributed by atoms with Gasteiger partial charge in [-0.25, -0.2) is 4.79 Å². The summed E-state index contributed by atoms with van der Waals surface area (Å²) < 4.78 is 21.7. The van der Waals surface area contributed by atoms with Crippen molar-refractivity contribution >= 4 is 29.3 Å². The van der Waals surface area contributed by atoms with Crippen molar-refractivity contribution in [1.29, 1.82) is 0 Å². The summed E-state index contributed by atoms with van der Waals surface area (Å²) >= 11 is 0. The average Bonchev–Trinajstić information content (AvgIpc) is 3.42. The number of carbonyl (C=O) groups is 1. The summed E-state index contributed by atoms with van der Waals surface area (Å²) in [7, 11) is 0. The highest BCUT2D eigenvalue weighted by molar-refractivity contribution is 6.00. The van der Waals surface area contributed by atoms with E-state index in [1.807, 2.05) is 24.3 Å². The number of ether oxygens (including phenoxy) is 4. The number of hydrogen-bond acceptors (Lipinski definition) is 10. The first-order valence-corrected chi connectivity index (χ1v) is 12.2. The molecule has 2 aromatic carbocycles. The molecule has 12 heteroatoms. The normalized spacial score (nSPS) is 17.0. The van der Waals surface area contributed by atoms with Crippen molar-refractivity contribution in [1.82, 2.24) is 15.0 Å². The number of aromatic nitrogens is 3. The summed E-state index contributed by atoms with van der Waals surface area (Å²) in [4.78, 5) is 31.1. The molecule has 2 saturated heterocycles. The lowest BCUT2D eigenvalue weighted by atomic mass is 10.2. The van der Waals surface area contributed by atoms with Gasteiger partial charge in [0.15, 0.2) is 17.3 Å². The molecule has 2 N–H and O–H groups in total. The van der Waals surface area contributed by atoms with Crippen LogP contribution in [0.2, 0.25) is 0 Å². The first kappa shape index (κ1) is 23.3. The molecule has 0 aliphatic carbocycles. The standard InChI is InChI=1S/C25H27N7O5/c33-25(27-19-5-6-20-21(15-19)37-16-36-20)26-18-3-1-17(2-4-18)22-28-23(31-7-11-34-12-8-31)30-24(29-22)32-9-13-35-14-10-32/h1-6,15H,7-14,16H2,(H2,26,27,33). The van der Waals surface area contributed by atoms with E-state index in [0.717, 1.165) is 31.7 Å². The van der Waals surface area contributed by atoms with Crippen LogP contribution >= 0.6 is 0 Å². The van der Waals surface area contributed by atoms with E-state index >= 15 is 0 Å². The van der Waals surface area contributed by atoms with E-state index in [2.05, 4.69) is 20.4 Å². The van der Waals surface area contributed by atoms with Crippen molar-refractivity contribution in [2.45, 2.75) is 0 Å². The van der Waals surface area contributed by atoms with Crippen molar-refractivity contribution in [3.05, 3.63) is 42.5 Å². The molecule has 0 saturated carbocycles. The number of amides is 2. The number of anilines is 4.